The van der Waals surface area contributed by atoms with Crippen molar-refractivity contribution in [3.63, 3.8) is 0 Å². The highest BCUT2D eigenvalue weighted by Crippen LogP contribution is 2.39. The topological polar surface area (TPSA) is 377 Å². The molecule has 0 amide bonds. The molecule has 12 unspecified atom stereocenters. The van der Waals surface area contributed by atoms with Gasteiger partial charge in [0, 0.05) is 17.7 Å². The van der Waals surface area contributed by atoms with Crippen LogP contribution >= 0.6 is 0 Å². The lowest BCUT2D eigenvalue weighted by atomic mass is 9.98. The standard InChI is InChI=1S/C27H30O16.C6H8O6/c1-8-17(32)20(35)22(37)26(40-8)39-7-15-18(33)21(36)23(38)27(42-15)43-25-19(34)16-13(31)5-10(28)6-14(16)41-24(25)9-2-3-11(29)12(30)4-9;7-1-2(8)5-3(9)4(10)6(11)12-5/h2-6,8,15,17-18,20-23,26-33,35-38H,7H2,1H3;2,5,7-10H,1H2. The molecule has 0 aliphatic carbocycles. The number of aliphatic hydroxyl groups excluding tert-OH is 10. The zero-order chi connectivity index (χ0) is 40.6. The Hall–Kier alpha value is -4.98. The maximum Gasteiger partial charge on any atom is 0.377 e. The molecule has 2 saturated heterocycles. The van der Waals surface area contributed by atoms with Gasteiger partial charge in [-0.3, -0.25) is 4.79 Å². The van der Waals surface area contributed by atoms with Gasteiger partial charge in [-0.15, -0.1) is 0 Å². The zero-order valence-electron chi connectivity index (χ0n) is 28.3. The number of hydrogen-bond acceptors (Lipinski definition) is 22. The molecule has 55 heavy (non-hydrogen) atoms. The van der Waals surface area contributed by atoms with Gasteiger partial charge in [-0.05, 0) is 25.1 Å². The molecule has 3 aliphatic rings. The van der Waals surface area contributed by atoms with Crippen LogP contribution in [0, 0.1) is 0 Å². The molecule has 0 spiro atoms. The highest BCUT2D eigenvalue weighted by molar-refractivity contribution is 5.89. The Labute approximate surface area is 307 Å². The molecule has 22 nitrogen and oxygen atoms in total. The normalized spacial score (nSPS) is 31.4. The smallest absolute Gasteiger partial charge is 0.377 e. The molecule has 0 radical (unpaired) electrons. The van der Waals surface area contributed by atoms with Crippen LogP contribution in [0.15, 0.2) is 51.1 Å². The third-order valence-electron chi connectivity index (χ3n) is 8.77. The molecule has 2 fully saturated rings. The minimum absolute atomic E-state index is 0.0313. The molecule has 1 aromatic heterocycles. The lowest BCUT2D eigenvalue weighted by molar-refractivity contribution is -0.318. The van der Waals surface area contributed by atoms with Crippen LogP contribution in [0.1, 0.15) is 6.92 Å². The molecule has 302 valence electrons. The lowest BCUT2D eigenvalue weighted by Gasteiger charge is -2.42. The molecule has 6 rings (SSSR count). The first-order valence-electron chi connectivity index (χ1n) is 16.2. The Morgan fingerprint density at radius 3 is 2.04 bits per heavy atom. The van der Waals surface area contributed by atoms with E-state index in [4.69, 9.17) is 43.8 Å². The van der Waals surface area contributed by atoms with E-state index in [0.717, 1.165) is 24.3 Å². The van der Waals surface area contributed by atoms with Crippen molar-refractivity contribution in [1.29, 1.82) is 0 Å². The van der Waals surface area contributed by atoms with Crippen LogP contribution in [-0.2, 0) is 23.7 Å². The molecule has 2 aromatic carbocycles. The Kier molecular flexibility index (Phi) is 12.3. The monoisotopic (exact) mass is 786 g/mol. The summed E-state index contributed by atoms with van der Waals surface area (Å²) >= 11 is 0. The Bertz CT molecular complexity index is 1960. The number of ether oxygens (including phenoxy) is 5. The number of carbonyl (C=O) groups is 1. The second-order valence-electron chi connectivity index (χ2n) is 12.6. The van der Waals surface area contributed by atoms with Crippen LogP contribution in [0.25, 0.3) is 22.3 Å². The van der Waals surface area contributed by atoms with Gasteiger partial charge in [0.05, 0.1) is 19.3 Å². The van der Waals surface area contributed by atoms with Gasteiger partial charge in [-0.2, -0.15) is 0 Å². The van der Waals surface area contributed by atoms with Gasteiger partial charge >= 0.3 is 5.97 Å². The molecule has 14 N–H and O–H groups in total. The molecular weight excluding hydrogens is 748 g/mol. The van der Waals surface area contributed by atoms with Crippen LogP contribution in [0.3, 0.4) is 0 Å². The van der Waals surface area contributed by atoms with Crippen molar-refractivity contribution in [2.24, 2.45) is 0 Å². The van der Waals surface area contributed by atoms with E-state index in [1.165, 1.54) is 13.0 Å². The molecule has 12 atom stereocenters. The average molecular weight is 787 g/mol. The number of fused-ring (bicyclic) bond motifs is 1. The van der Waals surface area contributed by atoms with E-state index in [-0.39, 0.29) is 11.1 Å². The molecule has 22 heteroatoms. The molecule has 0 bridgehead atoms. The van der Waals surface area contributed by atoms with E-state index >= 15 is 0 Å². The Morgan fingerprint density at radius 1 is 0.764 bits per heavy atom. The number of phenolic OH excluding ortho intramolecular Hbond substituents is 4. The van der Waals surface area contributed by atoms with E-state index < -0.39 is 150 Å². The molecule has 0 saturated carbocycles. The van der Waals surface area contributed by atoms with Crippen molar-refractivity contribution in [2.75, 3.05) is 13.2 Å². The highest BCUT2D eigenvalue weighted by Gasteiger charge is 2.48. The molecular formula is C33H38O22. The zero-order valence-corrected chi connectivity index (χ0v) is 28.3. The van der Waals surface area contributed by atoms with Crippen molar-refractivity contribution < 1.29 is 104 Å². The van der Waals surface area contributed by atoms with Gasteiger partial charge in [0.1, 0.15) is 71.3 Å². The summed E-state index contributed by atoms with van der Waals surface area (Å²) in [5, 5.41) is 136. The fourth-order valence-electron chi connectivity index (χ4n) is 5.66. The minimum Gasteiger partial charge on any atom is -0.508 e. The van der Waals surface area contributed by atoms with Crippen LogP contribution in [0.2, 0.25) is 0 Å². The van der Waals surface area contributed by atoms with Gasteiger partial charge in [-0.1, -0.05) is 0 Å². The van der Waals surface area contributed by atoms with Gasteiger partial charge < -0.3 is 99.6 Å². The number of esters is 1. The maximum absolute atomic E-state index is 13.6. The van der Waals surface area contributed by atoms with Crippen LogP contribution < -0.4 is 10.2 Å². The number of cyclic esters (lactones) is 1. The van der Waals surface area contributed by atoms with E-state index in [1.807, 2.05) is 0 Å². The molecule has 4 heterocycles. The molecule has 3 aliphatic heterocycles. The Balaban J connectivity index is 0.000000413. The van der Waals surface area contributed by atoms with Gasteiger partial charge in [-0.25, -0.2) is 4.79 Å². The van der Waals surface area contributed by atoms with E-state index in [0.29, 0.717) is 0 Å². The number of phenols is 4. The van der Waals surface area contributed by atoms with Crippen molar-refractivity contribution in [1.82, 2.24) is 0 Å². The first-order valence-corrected chi connectivity index (χ1v) is 16.2. The summed E-state index contributed by atoms with van der Waals surface area (Å²) in [7, 11) is 0. The average Bonchev–Trinajstić information content (AvgIpc) is 3.40. The second kappa shape index (κ2) is 16.4. The predicted octanol–water partition coefficient (Wildman–Crippen LogP) is -3.09. The van der Waals surface area contributed by atoms with Crippen LogP contribution in [0.4, 0.5) is 0 Å². The third kappa shape index (κ3) is 8.19. The second-order valence-corrected chi connectivity index (χ2v) is 12.6. The first-order chi connectivity index (χ1) is 25.9. The van der Waals surface area contributed by atoms with E-state index in [9.17, 15) is 60.7 Å². The fourth-order valence-corrected chi connectivity index (χ4v) is 5.66. The summed E-state index contributed by atoms with van der Waals surface area (Å²) in [6.07, 6.45) is -18.9. The van der Waals surface area contributed by atoms with Crippen molar-refractivity contribution in [3.8, 4) is 40.1 Å². The van der Waals surface area contributed by atoms with Gasteiger partial charge in [0.2, 0.25) is 23.2 Å². The summed E-state index contributed by atoms with van der Waals surface area (Å²) in [5.41, 5.74) is -1.35. The maximum atomic E-state index is 13.6. The summed E-state index contributed by atoms with van der Waals surface area (Å²) in [4.78, 5) is 24.1. The van der Waals surface area contributed by atoms with E-state index in [1.54, 1.807) is 0 Å². The van der Waals surface area contributed by atoms with Crippen molar-refractivity contribution in [3.05, 3.63) is 52.1 Å². The summed E-state index contributed by atoms with van der Waals surface area (Å²) in [6.45, 7) is 0.147. The van der Waals surface area contributed by atoms with Gasteiger partial charge in [0.15, 0.2) is 35.4 Å². The third-order valence-corrected chi connectivity index (χ3v) is 8.77. The van der Waals surface area contributed by atoms with Crippen molar-refractivity contribution >= 4 is 16.9 Å². The number of carbonyl (C=O) groups excluding carboxylic acids is 1. The highest BCUT2D eigenvalue weighted by atomic mass is 16.7. The summed E-state index contributed by atoms with van der Waals surface area (Å²) < 4.78 is 32.1. The number of hydrogen-bond donors (Lipinski definition) is 14. The van der Waals surface area contributed by atoms with Crippen LogP contribution in [-0.4, -0.2) is 164 Å². The van der Waals surface area contributed by atoms with Gasteiger partial charge in [0.25, 0.3) is 0 Å². The summed E-state index contributed by atoms with van der Waals surface area (Å²) in [5.74, 6) is -6.11. The number of rotatable bonds is 8. The number of aliphatic hydroxyl groups is 10. The first kappa shape index (κ1) is 41.2. The largest absolute Gasteiger partial charge is 0.508 e. The van der Waals surface area contributed by atoms with E-state index in [2.05, 4.69) is 4.74 Å². The van der Waals surface area contributed by atoms with Crippen LogP contribution in [0.5, 0.6) is 28.7 Å². The summed E-state index contributed by atoms with van der Waals surface area (Å²) in [6, 6.07) is 5.24. The lowest BCUT2D eigenvalue weighted by Crippen LogP contribution is -2.61. The number of aromatic hydroxyl groups is 4. The SMILES string of the molecule is CC1OC(OCC2OC(Oc3c(-c4ccc(O)c(O)c4)oc4cc(O)cc(O)c4c3=O)C(O)C(O)C2O)C(O)C(O)C1O.O=C1OC(C(O)CO)C(O)=C1O. The predicted molar refractivity (Wildman–Crippen MR) is 175 cm³/mol. The Morgan fingerprint density at radius 2 is 1.42 bits per heavy atom. The number of benzene rings is 2. The fraction of sp³-hybridized carbons (Fsp3) is 0.455. The quantitative estimate of drug-likeness (QED) is 0.0794. The minimum atomic E-state index is -1.97. The van der Waals surface area contributed by atoms with Crippen molar-refractivity contribution in [2.45, 2.75) is 80.5 Å². The molecule has 3 aromatic rings.